The average molecular weight is 300 g/mol. The molecule has 0 saturated carbocycles. The van der Waals surface area contributed by atoms with Gasteiger partial charge in [0.15, 0.2) is 11.5 Å². The van der Waals surface area contributed by atoms with Crippen molar-refractivity contribution in [2.45, 2.75) is 38.8 Å². The number of hydrogen-bond donors (Lipinski definition) is 2. The first kappa shape index (κ1) is 14.9. The molecule has 0 unspecified atom stereocenters. The van der Waals surface area contributed by atoms with Gasteiger partial charge in [-0.05, 0) is 39.8 Å². The first-order valence-electron chi connectivity index (χ1n) is 6.26. The SMILES string of the molecule is CC(C)(O)C(C)(C)NC(=O)c1cc(Cl)c2c(c1)OCO2. The topological polar surface area (TPSA) is 67.8 Å². The summed E-state index contributed by atoms with van der Waals surface area (Å²) in [4.78, 5) is 12.3. The zero-order valence-electron chi connectivity index (χ0n) is 11.9. The van der Waals surface area contributed by atoms with Crippen molar-refractivity contribution in [2.24, 2.45) is 0 Å². The molecule has 0 atom stereocenters. The highest BCUT2D eigenvalue weighted by Crippen LogP contribution is 2.39. The van der Waals surface area contributed by atoms with Gasteiger partial charge in [-0.25, -0.2) is 0 Å². The van der Waals surface area contributed by atoms with Gasteiger partial charge in [0.25, 0.3) is 5.91 Å². The Morgan fingerprint density at radius 2 is 1.95 bits per heavy atom. The van der Waals surface area contributed by atoms with E-state index in [0.717, 1.165) is 0 Å². The van der Waals surface area contributed by atoms with E-state index in [1.54, 1.807) is 33.8 Å². The molecule has 0 bridgehead atoms. The highest BCUT2D eigenvalue weighted by molar-refractivity contribution is 6.32. The number of carbonyl (C=O) groups is 1. The van der Waals surface area contributed by atoms with Gasteiger partial charge in [0.2, 0.25) is 6.79 Å². The summed E-state index contributed by atoms with van der Waals surface area (Å²) in [6.07, 6.45) is 0. The van der Waals surface area contributed by atoms with Crippen LogP contribution >= 0.6 is 11.6 Å². The number of amides is 1. The second kappa shape index (κ2) is 4.82. The predicted molar refractivity (Wildman–Crippen MR) is 75.4 cm³/mol. The summed E-state index contributed by atoms with van der Waals surface area (Å²) in [6.45, 7) is 6.87. The Hall–Kier alpha value is -1.46. The molecular weight excluding hydrogens is 282 g/mol. The molecule has 2 N–H and O–H groups in total. The van der Waals surface area contributed by atoms with Crippen LogP contribution in [-0.4, -0.2) is 28.9 Å². The van der Waals surface area contributed by atoms with Crippen LogP contribution in [0.15, 0.2) is 12.1 Å². The van der Waals surface area contributed by atoms with Crippen molar-refractivity contribution < 1.29 is 19.4 Å². The Balaban J connectivity index is 2.25. The fourth-order valence-corrected chi connectivity index (χ4v) is 1.87. The van der Waals surface area contributed by atoms with Crippen LogP contribution in [0.2, 0.25) is 5.02 Å². The van der Waals surface area contributed by atoms with Crippen LogP contribution in [0.3, 0.4) is 0 Å². The van der Waals surface area contributed by atoms with E-state index in [-0.39, 0.29) is 12.7 Å². The van der Waals surface area contributed by atoms with Crippen molar-refractivity contribution in [2.75, 3.05) is 6.79 Å². The lowest BCUT2D eigenvalue weighted by Crippen LogP contribution is -2.57. The lowest BCUT2D eigenvalue weighted by molar-refractivity contribution is -0.00293. The number of ether oxygens (including phenoxy) is 2. The molecule has 1 aliphatic rings. The number of nitrogens with one attached hydrogen (secondary N) is 1. The number of halogens is 1. The Morgan fingerprint density at radius 1 is 1.30 bits per heavy atom. The van der Waals surface area contributed by atoms with Gasteiger partial charge in [0, 0.05) is 5.56 Å². The molecule has 1 aromatic rings. The van der Waals surface area contributed by atoms with Gasteiger partial charge < -0.3 is 19.9 Å². The number of hydrogen-bond acceptors (Lipinski definition) is 4. The van der Waals surface area contributed by atoms with E-state index in [0.29, 0.717) is 22.1 Å². The van der Waals surface area contributed by atoms with Crippen LogP contribution in [0.1, 0.15) is 38.1 Å². The standard InChI is InChI=1S/C14H18ClNO4/c1-13(2,14(3,4)18)16-12(17)8-5-9(15)11-10(6-8)19-7-20-11/h5-6,18H,7H2,1-4H3,(H,16,17). The van der Waals surface area contributed by atoms with Crippen LogP contribution in [0.25, 0.3) is 0 Å². The molecule has 1 amide bonds. The van der Waals surface area contributed by atoms with Crippen molar-refractivity contribution >= 4 is 17.5 Å². The van der Waals surface area contributed by atoms with Gasteiger partial charge in [-0.15, -0.1) is 0 Å². The van der Waals surface area contributed by atoms with Gasteiger partial charge in [-0.3, -0.25) is 4.79 Å². The van der Waals surface area contributed by atoms with Crippen molar-refractivity contribution in [1.82, 2.24) is 5.32 Å². The third kappa shape index (κ3) is 2.69. The highest BCUT2D eigenvalue weighted by atomic mass is 35.5. The maximum absolute atomic E-state index is 12.3. The van der Waals surface area contributed by atoms with Crippen LogP contribution in [0.4, 0.5) is 0 Å². The van der Waals surface area contributed by atoms with Crippen LogP contribution in [0, 0.1) is 0 Å². The Kier molecular flexibility index (Phi) is 3.60. The molecule has 110 valence electrons. The van der Waals surface area contributed by atoms with Crippen molar-refractivity contribution in [3.05, 3.63) is 22.7 Å². The highest BCUT2D eigenvalue weighted by Gasteiger charge is 2.36. The summed E-state index contributed by atoms with van der Waals surface area (Å²) in [5, 5.41) is 13.2. The normalized spacial score (nSPS) is 14.3. The minimum Gasteiger partial charge on any atom is -0.454 e. The van der Waals surface area contributed by atoms with Crippen molar-refractivity contribution in [3.63, 3.8) is 0 Å². The molecule has 0 saturated heterocycles. The van der Waals surface area contributed by atoms with Crippen molar-refractivity contribution in [1.29, 1.82) is 0 Å². The first-order chi connectivity index (χ1) is 9.12. The number of rotatable bonds is 3. The summed E-state index contributed by atoms with van der Waals surface area (Å²) in [7, 11) is 0. The molecular formula is C14H18ClNO4. The van der Waals surface area contributed by atoms with E-state index in [1.807, 2.05) is 0 Å². The number of fused-ring (bicyclic) bond motifs is 1. The van der Waals surface area contributed by atoms with E-state index < -0.39 is 11.1 Å². The minimum atomic E-state index is -1.07. The fourth-order valence-electron chi connectivity index (χ4n) is 1.61. The lowest BCUT2D eigenvalue weighted by Gasteiger charge is -2.38. The summed E-state index contributed by atoms with van der Waals surface area (Å²) in [5.41, 5.74) is -1.51. The Labute approximate surface area is 122 Å². The number of aliphatic hydroxyl groups is 1. The maximum atomic E-state index is 12.3. The largest absolute Gasteiger partial charge is 0.454 e. The van der Waals surface area contributed by atoms with Crippen LogP contribution in [0.5, 0.6) is 11.5 Å². The summed E-state index contributed by atoms with van der Waals surface area (Å²) < 4.78 is 10.4. The van der Waals surface area contributed by atoms with Gasteiger partial charge >= 0.3 is 0 Å². The van der Waals surface area contributed by atoms with E-state index in [9.17, 15) is 9.90 Å². The molecule has 2 rings (SSSR count). The van der Waals surface area contributed by atoms with Crippen molar-refractivity contribution in [3.8, 4) is 11.5 Å². The second-order valence-corrected chi connectivity index (χ2v) is 6.24. The summed E-state index contributed by atoms with van der Waals surface area (Å²) in [6, 6.07) is 3.09. The molecule has 0 aromatic heterocycles. The first-order valence-corrected chi connectivity index (χ1v) is 6.63. The Bertz CT molecular complexity index is 549. The molecule has 1 aromatic carbocycles. The molecule has 5 nitrogen and oxygen atoms in total. The number of carbonyl (C=O) groups excluding carboxylic acids is 1. The van der Waals surface area contributed by atoms with Crippen LogP contribution in [-0.2, 0) is 0 Å². The summed E-state index contributed by atoms with van der Waals surface area (Å²) >= 11 is 6.05. The third-order valence-corrected chi connectivity index (χ3v) is 3.93. The van der Waals surface area contributed by atoms with E-state index >= 15 is 0 Å². The average Bonchev–Trinajstić information content (AvgIpc) is 2.75. The minimum absolute atomic E-state index is 0.0925. The molecule has 0 spiro atoms. The second-order valence-electron chi connectivity index (χ2n) is 5.83. The zero-order chi connectivity index (χ0) is 15.1. The fraction of sp³-hybridized carbons (Fsp3) is 0.500. The third-order valence-electron chi connectivity index (χ3n) is 3.64. The molecule has 0 aliphatic carbocycles. The number of benzene rings is 1. The molecule has 1 heterocycles. The van der Waals surface area contributed by atoms with Gasteiger partial charge in [-0.2, -0.15) is 0 Å². The smallest absolute Gasteiger partial charge is 0.251 e. The van der Waals surface area contributed by atoms with E-state index in [2.05, 4.69) is 5.32 Å². The quantitative estimate of drug-likeness (QED) is 0.899. The molecule has 0 fully saturated rings. The molecule has 0 radical (unpaired) electrons. The molecule has 20 heavy (non-hydrogen) atoms. The van der Waals surface area contributed by atoms with Crippen LogP contribution < -0.4 is 14.8 Å². The van der Waals surface area contributed by atoms with E-state index in [1.165, 1.54) is 6.07 Å². The molecule has 1 aliphatic heterocycles. The monoisotopic (exact) mass is 299 g/mol. The predicted octanol–water partition coefficient (Wildman–Crippen LogP) is 2.35. The maximum Gasteiger partial charge on any atom is 0.251 e. The molecule has 6 heteroatoms. The summed E-state index contributed by atoms with van der Waals surface area (Å²) in [5.74, 6) is 0.561. The van der Waals surface area contributed by atoms with Gasteiger partial charge in [0.05, 0.1) is 16.2 Å². The van der Waals surface area contributed by atoms with Gasteiger partial charge in [-0.1, -0.05) is 11.6 Å². The lowest BCUT2D eigenvalue weighted by atomic mass is 9.85. The van der Waals surface area contributed by atoms with Gasteiger partial charge in [0.1, 0.15) is 0 Å². The zero-order valence-corrected chi connectivity index (χ0v) is 12.7. The Morgan fingerprint density at radius 3 is 2.55 bits per heavy atom. The van der Waals surface area contributed by atoms with E-state index in [4.69, 9.17) is 21.1 Å².